The van der Waals surface area contributed by atoms with E-state index in [4.69, 9.17) is 14.7 Å². The van der Waals surface area contributed by atoms with E-state index >= 15 is 0 Å². The van der Waals surface area contributed by atoms with Gasteiger partial charge in [0.2, 0.25) is 11.8 Å². The molecular formula is C16H13N3O5. The van der Waals surface area contributed by atoms with Crippen LogP contribution in [0, 0.1) is 11.3 Å². The predicted octanol–water partition coefficient (Wildman–Crippen LogP) is 1.92. The van der Waals surface area contributed by atoms with Crippen LogP contribution < -0.4 is 14.8 Å². The number of carboxylic acids is 1. The Bertz CT molecular complexity index is 842. The minimum absolute atomic E-state index is 0.0392. The van der Waals surface area contributed by atoms with Crippen molar-refractivity contribution >= 4 is 17.6 Å². The van der Waals surface area contributed by atoms with Crippen LogP contribution in [0.4, 0.5) is 5.69 Å². The van der Waals surface area contributed by atoms with E-state index in [2.05, 4.69) is 10.3 Å². The Labute approximate surface area is 137 Å². The van der Waals surface area contributed by atoms with Gasteiger partial charge in [-0.3, -0.25) is 4.79 Å². The molecule has 2 aromatic rings. The Balaban J connectivity index is 2.37. The molecule has 0 saturated carbocycles. The first-order valence-electron chi connectivity index (χ1n) is 6.68. The Kier molecular flexibility index (Phi) is 4.96. The third-order valence-corrected chi connectivity index (χ3v) is 3.11. The van der Waals surface area contributed by atoms with Gasteiger partial charge in [-0.25, -0.2) is 4.79 Å². The third-order valence-electron chi connectivity index (χ3n) is 3.11. The van der Waals surface area contributed by atoms with Crippen LogP contribution in [0.5, 0.6) is 11.8 Å². The number of carboxylic acid groups (broad SMARTS) is 1. The second kappa shape index (κ2) is 7.11. The number of nitriles is 1. The molecule has 0 unspecified atom stereocenters. The average Bonchev–Trinajstić information content (AvgIpc) is 2.61. The summed E-state index contributed by atoms with van der Waals surface area (Å²) >= 11 is 0. The fraction of sp³-hybridized carbons (Fsp3) is 0.125. The molecule has 0 fully saturated rings. The van der Waals surface area contributed by atoms with Crippen LogP contribution in [0.25, 0.3) is 0 Å². The standard InChI is InChI=1S/C16H13N3O5/c1-23-13-6-4-10(15(19-13)24-2)14(20)18-12-5-3-9(8-17)7-11(12)16(21)22/h3-7H,1-2H3,(H,18,20)(H,21,22). The maximum Gasteiger partial charge on any atom is 0.337 e. The highest BCUT2D eigenvalue weighted by Gasteiger charge is 2.18. The molecule has 0 aliphatic heterocycles. The first-order valence-corrected chi connectivity index (χ1v) is 6.68. The van der Waals surface area contributed by atoms with Crippen molar-refractivity contribution in [2.45, 2.75) is 0 Å². The Morgan fingerprint density at radius 1 is 1.17 bits per heavy atom. The average molecular weight is 327 g/mol. The number of hydrogen-bond acceptors (Lipinski definition) is 6. The number of methoxy groups -OCH3 is 2. The number of hydrogen-bond donors (Lipinski definition) is 2. The molecule has 2 rings (SSSR count). The normalized spacial score (nSPS) is 9.71. The molecule has 2 N–H and O–H groups in total. The van der Waals surface area contributed by atoms with E-state index in [1.807, 2.05) is 6.07 Å². The Hall–Kier alpha value is -3.60. The van der Waals surface area contributed by atoms with Crippen LogP contribution in [0.1, 0.15) is 26.3 Å². The minimum atomic E-state index is -1.26. The quantitative estimate of drug-likeness (QED) is 0.860. The molecule has 0 radical (unpaired) electrons. The zero-order valence-electron chi connectivity index (χ0n) is 12.9. The number of nitrogens with zero attached hydrogens (tertiary/aromatic N) is 2. The number of rotatable bonds is 5. The second-order valence-corrected chi connectivity index (χ2v) is 4.54. The van der Waals surface area contributed by atoms with E-state index < -0.39 is 11.9 Å². The number of ether oxygens (including phenoxy) is 2. The summed E-state index contributed by atoms with van der Waals surface area (Å²) in [5.41, 5.74) is 0.153. The number of amides is 1. The maximum absolute atomic E-state index is 12.4. The van der Waals surface area contributed by atoms with Gasteiger partial charge in [0.25, 0.3) is 5.91 Å². The zero-order valence-corrected chi connectivity index (χ0v) is 12.9. The van der Waals surface area contributed by atoms with Gasteiger partial charge >= 0.3 is 5.97 Å². The summed E-state index contributed by atoms with van der Waals surface area (Å²) < 4.78 is 10.0. The molecule has 0 saturated heterocycles. The summed E-state index contributed by atoms with van der Waals surface area (Å²) in [5, 5.41) is 20.6. The number of pyridine rings is 1. The van der Waals surface area contributed by atoms with Crippen molar-refractivity contribution in [3.63, 3.8) is 0 Å². The smallest absolute Gasteiger partial charge is 0.337 e. The molecule has 1 aromatic heterocycles. The molecule has 0 aliphatic carbocycles. The highest BCUT2D eigenvalue weighted by atomic mass is 16.5. The molecule has 1 amide bonds. The highest BCUT2D eigenvalue weighted by molar-refractivity contribution is 6.09. The number of benzene rings is 1. The van der Waals surface area contributed by atoms with Gasteiger partial charge in [-0.05, 0) is 24.3 Å². The number of anilines is 1. The van der Waals surface area contributed by atoms with Crippen molar-refractivity contribution < 1.29 is 24.2 Å². The third kappa shape index (κ3) is 3.41. The van der Waals surface area contributed by atoms with Crippen molar-refractivity contribution in [3.05, 3.63) is 47.0 Å². The topological polar surface area (TPSA) is 122 Å². The largest absolute Gasteiger partial charge is 0.481 e. The number of nitrogens with one attached hydrogen (secondary N) is 1. The van der Waals surface area contributed by atoms with Crippen LogP contribution in [0.3, 0.4) is 0 Å². The van der Waals surface area contributed by atoms with Crippen molar-refractivity contribution in [2.75, 3.05) is 19.5 Å². The zero-order chi connectivity index (χ0) is 17.7. The molecule has 0 aliphatic rings. The maximum atomic E-state index is 12.4. The van der Waals surface area contributed by atoms with E-state index in [9.17, 15) is 14.7 Å². The molecule has 1 aromatic carbocycles. The minimum Gasteiger partial charge on any atom is -0.481 e. The molecule has 0 bridgehead atoms. The van der Waals surface area contributed by atoms with E-state index in [0.717, 1.165) is 0 Å². The summed E-state index contributed by atoms with van der Waals surface area (Å²) in [6, 6.07) is 8.72. The first-order chi connectivity index (χ1) is 11.5. The lowest BCUT2D eigenvalue weighted by Crippen LogP contribution is -2.16. The van der Waals surface area contributed by atoms with Crippen LogP contribution in [-0.4, -0.2) is 36.2 Å². The SMILES string of the molecule is COc1ccc(C(=O)Nc2ccc(C#N)cc2C(=O)O)c(OC)n1. The van der Waals surface area contributed by atoms with Gasteiger partial charge in [0, 0.05) is 6.07 Å². The lowest BCUT2D eigenvalue weighted by molar-refractivity contribution is 0.0698. The Morgan fingerprint density at radius 2 is 1.92 bits per heavy atom. The summed E-state index contributed by atoms with van der Waals surface area (Å²) in [7, 11) is 2.78. The van der Waals surface area contributed by atoms with Crippen molar-refractivity contribution in [1.82, 2.24) is 4.98 Å². The molecule has 0 atom stereocenters. The lowest BCUT2D eigenvalue weighted by Gasteiger charge is -2.11. The van der Waals surface area contributed by atoms with Crippen LogP contribution >= 0.6 is 0 Å². The van der Waals surface area contributed by atoms with Gasteiger partial charge in [0.05, 0.1) is 37.1 Å². The summed E-state index contributed by atoms with van der Waals surface area (Å²) in [5.74, 6) is -1.55. The number of aromatic nitrogens is 1. The van der Waals surface area contributed by atoms with Gasteiger partial charge in [0.15, 0.2) is 0 Å². The fourth-order valence-corrected chi connectivity index (χ4v) is 1.95. The van der Waals surface area contributed by atoms with E-state index in [1.165, 1.54) is 44.6 Å². The number of carbonyl (C=O) groups excluding carboxylic acids is 1. The van der Waals surface area contributed by atoms with Gasteiger partial charge in [-0.1, -0.05) is 0 Å². The van der Waals surface area contributed by atoms with Gasteiger partial charge < -0.3 is 19.9 Å². The van der Waals surface area contributed by atoms with Crippen molar-refractivity contribution in [1.29, 1.82) is 5.26 Å². The molecular weight excluding hydrogens is 314 g/mol. The molecule has 0 spiro atoms. The highest BCUT2D eigenvalue weighted by Crippen LogP contribution is 2.23. The molecule has 8 heteroatoms. The van der Waals surface area contributed by atoms with Crippen LogP contribution in [0.15, 0.2) is 30.3 Å². The molecule has 122 valence electrons. The van der Waals surface area contributed by atoms with E-state index in [-0.39, 0.29) is 34.1 Å². The van der Waals surface area contributed by atoms with Gasteiger partial charge in [0.1, 0.15) is 5.56 Å². The van der Waals surface area contributed by atoms with E-state index in [0.29, 0.717) is 0 Å². The van der Waals surface area contributed by atoms with E-state index in [1.54, 1.807) is 0 Å². The van der Waals surface area contributed by atoms with Crippen molar-refractivity contribution in [2.24, 2.45) is 0 Å². The number of carbonyl (C=O) groups is 2. The van der Waals surface area contributed by atoms with Gasteiger partial charge in [-0.15, -0.1) is 0 Å². The fourth-order valence-electron chi connectivity index (χ4n) is 1.95. The lowest BCUT2D eigenvalue weighted by atomic mass is 10.1. The van der Waals surface area contributed by atoms with Gasteiger partial charge in [-0.2, -0.15) is 10.2 Å². The van der Waals surface area contributed by atoms with Crippen LogP contribution in [0.2, 0.25) is 0 Å². The predicted molar refractivity (Wildman–Crippen MR) is 83.4 cm³/mol. The van der Waals surface area contributed by atoms with Crippen molar-refractivity contribution in [3.8, 4) is 17.8 Å². The molecule has 8 nitrogen and oxygen atoms in total. The molecule has 24 heavy (non-hydrogen) atoms. The Morgan fingerprint density at radius 3 is 2.50 bits per heavy atom. The monoisotopic (exact) mass is 327 g/mol. The summed E-state index contributed by atoms with van der Waals surface area (Å²) in [4.78, 5) is 27.7. The number of aromatic carboxylic acids is 1. The molecule has 1 heterocycles. The summed E-state index contributed by atoms with van der Waals surface area (Å²) in [6.07, 6.45) is 0. The summed E-state index contributed by atoms with van der Waals surface area (Å²) in [6.45, 7) is 0. The van der Waals surface area contributed by atoms with Crippen LogP contribution in [-0.2, 0) is 0 Å². The first kappa shape index (κ1) is 16.8. The second-order valence-electron chi connectivity index (χ2n) is 4.54.